The minimum atomic E-state index is -0.472. The summed E-state index contributed by atoms with van der Waals surface area (Å²) < 4.78 is 0. The van der Waals surface area contributed by atoms with Crippen LogP contribution in [0.4, 0.5) is 5.82 Å². The highest BCUT2D eigenvalue weighted by molar-refractivity contribution is 5.38. The fraction of sp³-hybridized carbons (Fsp3) is 0.375. The molecular formula is C16H20N4O. The summed E-state index contributed by atoms with van der Waals surface area (Å²) in [5, 5.41) is 10.2. The molecule has 0 spiro atoms. The number of rotatable bonds is 4. The maximum Gasteiger partial charge on any atom is 0.128 e. The second kappa shape index (κ2) is 6.65. The van der Waals surface area contributed by atoms with Crippen molar-refractivity contribution < 1.29 is 5.11 Å². The first-order chi connectivity index (χ1) is 10.3. The summed E-state index contributed by atoms with van der Waals surface area (Å²) in [6.07, 6.45) is 4.81. The topological polar surface area (TPSA) is 52.5 Å². The molecule has 0 bridgehead atoms. The van der Waals surface area contributed by atoms with Crippen molar-refractivity contribution in [3.8, 4) is 0 Å². The minimum Gasteiger partial charge on any atom is -0.387 e. The lowest BCUT2D eigenvalue weighted by atomic mass is 10.1. The van der Waals surface area contributed by atoms with Gasteiger partial charge in [0, 0.05) is 56.9 Å². The summed E-state index contributed by atoms with van der Waals surface area (Å²) in [4.78, 5) is 13.0. The largest absolute Gasteiger partial charge is 0.387 e. The first kappa shape index (κ1) is 14.0. The van der Waals surface area contributed by atoms with Gasteiger partial charge in [0.05, 0.1) is 6.10 Å². The van der Waals surface area contributed by atoms with Gasteiger partial charge in [-0.05, 0) is 18.2 Å². The van der Waals surface area contributed by atoms with E-state index in [1.165, 1.54) is 0 Å². The molecule has 0 aliphatic carbocycles. The third kappa shape index (κ3) is 3.56. The predicted molar refractivity (Wildman–Crippen MR) is 82.1 cm³/mol. The van der Waals surface area contributed by atoms with E-state index in [-0.39, 0.29) is 0 Å². The molecule has 2 aromatic heterocycles. The molecule has 3 heterocycles. The number of pyridine rings is 2. The van der Waals surface area contributed by atoms with Gasteiger partial charge in [-0.15, -0.1) is 0 Å². The molecule has 2 aromatic rings. The van der Waals surface area contributed by atoms with Gasteiger partial charge in [0.25, 0.3) is 0 Å². The zero-order valence-electron chi connectivity index (χ0n) is 12.0. The molecule has 1 N–H and O–H groups in total. The minimum absolute atomic E-state index is 0.472. The number of β-amino-alcohol motifs (C(OH)–C–C–N with tert-alkyl or cyclic N) is 1. The Morgan fingerprint density at radius 1 is 1.05 bits per heavy atom. The summed E-state index contributed by atoms with van der Waals surface area (Å²) in [5.74, 6) is 1.03. The second-order valence-corrected chi connectivity index (χ2v) is 5.28. The number of nitrogens with zero attached hydrogens (tertiary/aromatic N) is 4. The van der Waals surface area contributed by atoms with Crippen molar-refractivity contribution in [2.24, 2.45) is 0 Å². The van der Waals surface area contributed by atoms with E-state index >= 15 is 0 Å². The molecule has 0 radical (unpaired) electrons. The van der Waals surface area contributed by atoms with Crippen LogP contribution in [0, 0.1) is 0 Å². The van der Waals surface area contributed by atoms with Crippen LogP contribution in [-0.2, 0) is 0 Å². The van der Waals surface area contributed by atoms with Gasteiger partial charge in [-0.1, -0.05) is 12.1 Å². The first-order valence-corrected chi connectivity index (χ1v) is 7.29. The van der Waals surface area contributed by atoms with Gasteiger partial charge in [-0.2, -0.15) is 0 Å². The van der Waals surface area contributed by atoms with Crippen molar-refractivity contribution in [2.75, 3.05) is 37.6 Å². The van der Waals surface area contributed by atoms with Gasteiger partial charge in [0.15, 0.2) is 0 Å². The van der Waals surface area contributed by atoms with Crippen LogP contribution >= 0.6 is 0 Å². The molecule has 110 valence electrons. The molecule has 5 heteroatoms. The lowest BCUT2D eigenvalue weighted by Gasteiger charge is -2.36. The van der Waals surface area contributed by atoms with Crippen LogP contribution in [-0.4, -0.2) is 52.7 Å². The van der Waals surface area contributed by atoms with Crippen molar-refractivity contribution in [1.82, 2.24) is 14.9 Å². The fourth-order valence-electron chi connectivity index (χ4n) is 2.62. The monoisotopic (exact) mass is 284 g/mol. The Hall–Kier alpha value is -1.98. The quantitative estimate of drug-likeness (QED) is 0.918. The van der Waals surface area contributed by atoms with Crippen molar-refractivity contribution in [3.05, 3.63) is 54.5 Å². The molecule has 1 aliphatic heterocycles. The number of hydrogen-bond donors (Lipinski definition) is 1. The van der Waals surface area contributed by atoms with Gasteiger partial charge in [0.1, 0.15) is 5.82 Å². The molecule has 0 aromatic carbocycles. The molecule has 5 nitrogen and oxygen atoms in total. The third-order valence-corrected chi connectivity index (χ3v) is 3.85. The Bertz CT molecular complexity index is 541. The average Bonchev–Trinajstić information content (AvgIpc) is 2.57. The third-order valence-electron chi connectivity index (χ3n) is 3.85. The van der Waals surface area contributed by atoms with Crippen molar-refractivity contribution in [3.63, 3.8) is 0 Å². The summed E-state index contributed by atoms with van der Waals surface area (Å²) in [6.45, 7) is 4.41. The van der Waals surface area contributed by atoms with E-state index in [9.17, 15) is 5.11 Å². The predicted octanol–water partition coefficient (Wildman–Crippen LogP) is 1.33. The van der Waals surface area contributed by atoms with Crippen LogP contribution in [0.5, 0.6) is 0 Å². The average molecular weight is 284 g/mol. The maximum atomic E-state index is 10.2. The summed E-state index contributed by atoms with van der Waals surface area (Å²) in [7, 11) is 0. The summed E-state index contributed by atoms with van der Waals surface area (Å²) in [5.41, 5.74) is 0.879. The van der Waals surface area contributed by atoms with E-state index in [1.54, 1.807) is 12.4 Å². The smallest absolute Gasteiger partial charge is 0.128 e. The number of aliphatic hydroxyl groups is 1. The lowest BCUT2D eigenvalue weighted by molar-refractivity contribution is 0.109. The van der Waals surface area contributed by atoms with E-state index in [0.29, 0.717) is 6.54 Å². The molecule has 1 aliphatic rings. The Labute approximate surface area is 124 Å². The summed E-state index contributed by atoms with van der Waals surface area (Å²) >= 11 is 0. The Balaban J connectivity index is 1.52. The molecule has 0 saturated carbocycles. The van der Waals surface area contributed by atoms with Crippen molar-refractivity contribution in [1.29, 1.82) is 0 Å². The van der Waals surface area contributed by atoms with E-state index < -0.39 is 6.10 Å². The van der Waals surface area contributed by atoms with E-state index in [2.05, 4.69) is 19.8 Å². The SMILES string of the molecule is OC(CN1CCN(c2ccccn2)CC1)c1cccnc1. The summed E-state index contributed by atoms with van der Waals surface area (Å²) in [6, 6.07) is 9.77. The number of hydrogen-bond acceptors (Lipinski definition) is 5. The molecular weight excluding hydrogens is 264 g/mol. The van der Waals surface area contributed by atoms with E-state index in [4.69, 9.17) is 0 Å². The van der Waals surface area contributed by atoms with Gasteiger partial charge in [-0.3, -0.25) is 9.88 Å². The molecule has 1 unspecified atom stereocenters. The van der Waals surface area contributed by atoms with Crippen molar-refractivity contribution in [2.45, 2.75) is 6.10 Å². The number of anilines is 1. The first-order valence-electron chi connectivity index (χ1n) is 7.29. The van der Waals surface area contributed by atoms with Crippen molar-refractivity contribution >= 4 is 5.82 Å². The van der Waals surface area contributed by atoms with Gasteiger partial charge < -0.3 is 10.0 Å². The van der Waals surface area contributed by atoms with Gasteiger partial charge >= 0.3 is 0 Å². The van der Waals surface area contributed by atoms with Crippen LogP contribution in [0.25, 0.3) is 0 Å². The lowest BCUT2D eigenvalue weighted by Crippen LogP contribution is -2.47. The van der Waals surface area contributed by atoms with Gasteiger partial charge in [-0.25, -0.2) is 4.98 Å². The Morgan fingerprint density at radius 3 is 2.57 bits per heavy atom. The molecule has 21 heavy (non-hydrogen) atoms. The van der Waals surface area contributed by atoms with Crippen LogP contribution in [0.15, 0.2) is 48.9 Å². The van der Waals surface area contributed by atoms with Crippen LogP contribution in [0.2, 0.25) is 0 Å². The Kier molecular flexibility index (Phi) is 4.43. The van der Waals surface area contributed by atoms with Crippen LogP contribution in [0.3, 0.4) is 0 Å². The van der Waals surface area contributed by atoms with Crippen LogP contribution in [0.1, 0.15) is 11.7 Å². The highest BCUT2D eigenvalue weighted by Crippen LogP contribution is 2.16. The van der Waals surface area contributed by atoms with E-state index in [0.717, 1.165) is 37.6 Å². The highest BCUT2D eigenvalue weighted by Gasteiger charge is 2.20. The standard InChI is InChI=1S/C16H20N4O/c21-15(14-4-3-6-17-12-14)13-19-8-10-20(11-9-19)16-5-1-2-7-18-16/h1-7,12,15,21H,8-11,13H2. The zero-order valence-corrected chi connectivity index (χ0v) is 12.0. The molecule has 3 rings (SSSR count). The number of aromatic nitrogens is 2. The second-order valence-electron chi connectivity index (χ2n) is 5.28. The van der Waals surface area contributed by atoms with E-state index in [1.807, 2.05) is 36.5 Å². The Morgan fingerprint density at radius 2 is 1.90 bits per heavy atom. The normalized spacial score (nSPS) is 17.7. The fourth-order valence-corrected chi connectivity index (χ4v) is 2.62. The van der Waals surface area contributed by atoms with Crippen LogP contribution < -0.4 is 4.90 Å². The zero-order chi connectivity index (χ0) is 14.5. The molecule has 1 saturated heterocycles. The number of piperazine rings is 1. The highest BCUT2D eigenvalue weighted by atomic mass is 16.3. The number of aliphatic hydroxyl groups excluding tert-OH is 1. The molecule has 1 fully saturated rings. The van der Waals surface area contributed by atoms with Gasteiger partial charge in [0.2, 0.25) is 0 Å². The molecule has 0 amide bonds. The molecule has 1 atom stereocenters. The maximum absolute atomic E-state index is 10.2.